The van der Waals surface area contributed by atoms with Gasteiger partial charge in [0.2, 0.25) is 10.0 Å². The number of rotatable bonds is 3. The summed E-state index contributed by atoms with van der Waals surface area (Å²) in [5.41, 5.74) is 0.430. The van der Waals surface area contributed by atoms with E-state index in [2.05, 4.69) is 4.98 Å². The molecule has 96 valence electrons. The molecule has 2 rings (SSSR count). The number of H-pyrrole nitrogens is 1. The lowest BCUT2D eigenvalue weighted by Crippen LogP contribution is -2.42. The number of hydrogen-bond donors (Lipinski definition) is 1. The SMILES string of the molecule is CC1(C)CCCN1S(=O)(=O)c1c[nH]c(CCl)c1. The van der Waals surface area contributed by atoms with Crippen LogP contribution in [0.3, 0.4) is 0 Å². The summed E-state index contributed by atoms with van der Waals surface area (Å²) in [5, 5.41) is 0. The first kappa shape index (κ1) is 12.9. The van der Waals surface area contributed by atoms with E-state index in [1.54, 1.807) is 10.4 Å². The fourth-order valence-electron chi connectivity index (χ4n) is 2.30. The molecule has 1 aromatic heterocycles. The van der Waals surface area contributed by atoms with Crippen LogP contribution in [-0.2, 0) is 15.9 Å². The van der Waals surface area contributed by atoms with Gasteiger partial charge in [0.25, 0.3) is 0 Å². The lowest BCUT2D eigenvalue weighted by molar-refractivity contribution is 0.292. The van der Waals surface area contributed by atoms with Gasteiger partial charge in [-0.3, -0.25) is 0 Å². The van der Waals surface area contributed by atoms with Crippen molar-refractivity contribution in [1.29, 1.82) is 0 Å². The average Bonchev–Trinajstić information content (AvgIpc) is 2.83. The van der Waals surface area contributed by atoms with E-state index >= 15 is 0 Å². The van der Waals surface area contributed by atoms with Gasteiger partial charge in [0, 0.05) is 24.0 Å². The van der Waals surface area contributed by atoms with Crippen LogP contribution in [-0.4, -0.2) is 29.8 Å². The minimum Gasteiger partial charge on any atom is -0.363 e. The number of nitrogens with zero attached hydrogens (tertiary/aromatic N) is 1. The number of aromatic amines is 1. The number of alkyl halides is 1. The molecule has 0 radical (unpaired) electrons. The maximum absolute atomic E-state index is 12.4. The summed E-state index contributed by atoms with van der Waals surface area (Å²) in [5.74, 6) is 0.291. The first-order chi connectivity index (χ1) is 7.88. The molecule has 1 aromatic rings. The van der Waals surface area contributed by atoms with Crippen LogP contribution in [0.4, 0.5) is 0 Å². The second kappa shape index (κ2) is 4.30. The highest BCUT2D eigenvalue weighted by molar-refractivity contribution is 7.89. The van der Waals surface area contributed by atoms with Crippen molar-refractivity contribution >= 4 is 21.6 Å². The minimum absolute atomic E-state index is 0.291. The number of halogens is 1. The largest absolute Gasteiger partial charge is 0.363 e. The van der Waals surface area contributed by atoms with Crippen molar-refractivity contribution in [3.8, 4) is 0 Å². The molecule has 0 bridgehead atoms. The maximum atomic E-state index is 12.4. The summed E-state index contributed by atoms with van der Waals surface area (Å²) in [6, 6.07) is 1.61. The van der Waals surface area contributed by atoms with E-state index in [0.29, 0.717) is 17.3 Å². The van der Waals surface area contributed by atoms with E-state index < -0.39 is 10.0 Å². The van der Waals surface area contributed by atoms with Crippen LogP contribution < -0.4 is 0 Å². The lowest BCUT2D eigenvalue weighted by atomic mass is 10.0. The molecule has 1 saturated heterocycles. The molecule has 6 heteroatoms. The summed E-state index contributed by atoms with van der Waals surface area (Å²) in [6.45, 7) is 4.52. The standard InChI is InChI=1S/C11H17ClN2O2S/c1-11(2)4-3-5-14(11)17(15,16)10-6-9(7-12)13-8-10/h6,8,13H,3-5,7H2,1-2H3. The van der Waals surface area contributed by atoms with Gasteiger partial charge in [0.05, 0.1) is 10.8 Å². The first-order valence-corrected chi connectivity index (χ1v) is 7.61. The van der Waals surface area contributed by atoms with Gasteiger partial charge in [-0.2, -0.15) is 4.31 Å². The van der Waals surface area contributed by atoms with E-state index in [0.717, 1.165) is 18.5 Å². The van der Waals surface area contributed by atoms with Crippen molar-refractivity contribution in [3.63, 3.8) is 0 Å². The van der Waals surface area contributed by atoms with Gasteiger partial charge >= 0.3 is 0 Å². The fourth-order valence-corrected chi connectivity index (χ4v) is 4.32. The smallest absolute Gasteiger partial charge is 0.245 e. The zero-order valence-corrected chi connectivity index (χ0v) is 11.6. The van der Waals surface area contributed by atoms with Gasteiger partial charge in [-0.15, -0.1) is 11.6 Å². The van der Waals surface area contributed by atoms with Crippen molar-refractivity contribution in [1.82, 2.24) is 9.29 Å². The molecule has 0 amide bonds. The molecule has 0 aliphatic carbocycles. The third kappa shape index (κ3) is 2.23. The lowest BCUT2D eigenvalue weighted by Gasteiger charge is -2.30. The van der Waals surface area contributed by atoms with Crippen LogP contribution in [0.1, 0.15) is 32.4 Å². The molecule has 1 N–H and O–H groups in total. The van der Waals surface area contributed by atoms with Gasteiger partial charge in [-0.25, -0.2) is 8.42 Å². The Kier molecular flexibility index (Phi) is 3.27. The van der Waals surface area contributed by atoms with Crippen LogP contribution in [0.25, 0.3) is 0 Å². The molecule has 0 atom stereocenters. The normalized spacial score (nSPS) is 20.9. The Morgan fingerprint density at radius 3 is 2.71 bits per heavy atom. The van der Waals surface area contributed by atoms with E-state index in [-0.39, 0.29) is 5.54 Å². The summed E-state index contributed by atoms with van der Waals surface area (Å²) in [4.78, 5) is 3.18. The van der Waals surface area contributed by atoms with Crippen LogP contribution >= 0.6 is 11.6 Å². The van der Waals surface area contributed by atoms with Crippen molar-refractivity contribution in [2.24, 2.45) is 0 Å². The van der Waals surface area contributed by atoms with Gasteiger partial charge in [0.1, 0.15) is 0 Å². The van der Waals surface area contributed by atoms with Crippen LogP contribution in [0.15, 0.2) is 17.2 Å². The molecule has 4 nitrogen and oxygen atoms in total. The highest BCUT2D eigenvalue weighted by Gasteiger charge is 2.41. The Morgan fingerprint density at radius 1 is 1.53 bits per heavy atom. The number of sulfonamides is 1. The molecular formula is C11H17ClN2O2S. The second-order valence-electron chi connectivity index (χ2n) is 4.99. The highest BCUT2D eigenvalue weighted by Crippen LogP contribution is 2.34. The molecular weight excluding hydrogens is 260 g/mol. The molecule has 2 heterocycles. The number of nitrogens with one attached hydrogen (secondary N) is 1. The van der Waals surface area contributed by atoms with E-state index in [4.69, 9.17) is 11.6 Å². The molecule has 17 heavy (non-hydrogen) atoms. The Hall–Kier alpha value is -0.520. The topological polar surface area (TPSA) is 53.2 Å². The molecule has 0 aromatic carbocycles. The molecule has 0 unspecified atom stereocenters. The summed E-state index contributed by atoms with van der Waals surface area (Å²) in [7, 11) is -3.39. The quantitative estimate of drug-likeness (QED) is 0.862. The van der Waals surface area contributed by atoms with E-state index in [1.807, 2.05) is 13.8 Å². The summed E-state index contributed by atoms with van der Waals surface area (Å²) < 4.78 is 26.5. The van der Waals surface area contributed by atoms with E-state index in [9.17, 15) is 8.42 Å². The molecule has 1 aliphatic heterocycles. The average molecular weight is 277 g/mol. The monoisotopic (exact) mass is 276 g/mol. The van der Waals surface area contributed by atoms with Crippen LogP contribution in [0.5, 0.6) is 0 Å². The van der Waals surface area contributed by atoms with Crippen LogP contribution in [0.2, 0.25) is 0 Å². The number of aromatic nitrogens is 1. The van der Waals surface area contributed by atoms with Gasteiger partial charge in [0.15, 0.2) is 0 Å². The zero-order chi connectivity index (χ0) is 12.7. The molecule has 1 aliphatic rings. The van der Waals surface area contributed by atoms with Gasteiger partial charge in [-0.1, -0.05) is 0 Å². The predicted molar refractivity (Wildman–Crippen MR) is 67.6 cm³/mol. The summed E-state index contributed by atoms with van der Waals surface area (Å²) in [6.07, 6.45) is 3.33. The third-order valence-corrected chi connectivity index (χ3v) is 5.65. The minimum atomic E-state index is -3.39. The fraction of sp³-hybridized carbons (Fsp3) is 0.636. The molecule has 0 saturated carbocycles. The first-order valence-electron chi connectivity index (χ1n) is 5.64. The van der Waals surface area contributed by atoms with Crippen molar-refractivity contribution in [3.05, 3.63) is 18.0 Å². The Balaban J connectivity index is 2.36. The van der Waals surface area contributed by atoms with Gasteiger partial charge in [-0.05, 0) is 32.8 Å². The predicted octanol–water partition coefficient (Wildman–Crippen LogP) is 2.32. The molecule has 1 fully saturated rings. The van der Waals surface area contributed by atoms with Gasteiger partial charge < -0.3 is 4.98 Å². The zero-order valence-electron chi connectivity index (χ0n) is 10.0. The van der Waals surface area contributed by atoms with Crippen molar-refractivity contribution < 1.29 is 8.42 Å². The Labute approximate surface area is 107 Å². The Morgan fingerprint density at radius 2 is 2.24 bits per heavy atom. The highest BCUT2D eigenvalue weighted by atomic mass is 35.5. The molecule has 0 spiro atoms. The van der Waals surface area contributed by atoms with Crippen LogP contribution in [0, 0.1) is 0 Å². The Bertz CT molecular complexity index is 507. The summed E-state index contributed by atoms with van der Waals surface area (Å²) >= 11 is 5.67. The third-order valence-electron chi connectivity index (χ3n) is 3.27. The van der Waals surface area contributed by atoms with Crippen molar-refractivity contribution in [2.75, 3.05) is 6.54 Å². The second-order valence-corrected chi connectivity index (χ2v) is 7.12. The van der Waals surface area contributed by atoms with Crippen molar-refractivity contribution in [2.45, 2.75) is 43.0 Å². The number of hydrogen-bond acceptors (Lipinski definition) is 2. The van der Waals surface area contributed by atoms with E-state index in [1.165, 1.54) is 6.20 Å². The maximum Gasteiger partial charge on any atom is 0.245 e.